The maximum atomic E-state index is 2.43. The number of benzene rings is 7. The zero-order valence-corrected chi connectivity index (χ0v) is 25.3. The largest absolute Gasteiger partial charge is 0.310 e. The molecule has 0 radical (unpaired) electrons. The minimum atomic E-state index is 1.13. The van der Waals surface area contributed by atoms with Crippen molar-refractivity contribution in [2.24, 2.45) is 0 Å². The van der Waals surface area contributed by atoms with Gasteiger partial charge < -0.3 is 9.47 Å². The van der Waals surface area contributed by atoms with Crippen molar-refractivity contribution < 1.29 is 0 Å². The molecule has 0 saturated heterocycles. The van der Waals surface area contributed by atoms with E-state index >= 15 is 0 Å². The summed E-state index contributed by atoms with van der Waals surface area (Å²) < 4.78 is 5.01. The molecule has 45 heavy (non-hydrogen) atoms. The summed E-state index contributed by atoms with van der Waals surface area (Å²) in [6, 6.07) is 61.3. The van der Waals surface area contributed by atoms with Crippen LogP contribution in [-0.2, 0) is 0 Å². The molecule has 0 saturated carbocycles. The summed E-state index contributed by atoms with van der Waals surface area (Å²) in [6.07, 6.45) is 0. The minimum Gasteiger partial charge on any atom is -0.310 e. The average molecular weight is 593 g/mol. The van der Waals surface area contributed by atoms with Crippen molar-refractivity contribution in [2.45, 2.75) is 0 Å². The predicted molar refractivity (Wildman–Crippen MR) is 194 cm³/mol. The third-order valence-corrected chi connectivity index (χ3v) is 9.90. The Morgan fingerprint density at radius 2 is 1.13 bits per heavy atom. The molecule has 9 rings (SSSR count). The van der Waals surface area contributed by atoms with Gasteiger partial charge in [0.2, 0.25) is 0 Å². The lowest BCUT2D eigenvalue weighted by atomic mass is 9.99. The van der Waals surface area contributed by atoms with Gasteiger partial charge in [0.05, 0.1) is 16.7 Å². The Labute approximate surface area is 265 Å². The van der Waals surface area contributed by atoms with Gasteiger partial charge in [-0.25, -0.2) is 0 Å². The molecule has 0 unspecified atom stereocenters. The van der Waals surface area contributed by atoms with E-state index in [1.54, 1.807) is 0 Å². The van der Waals surface area contributed by atoms with Crippen LogP contribution >= 0.6 is 11.3 Å². The van der Waals surface area contributed by atoms with Crippen LogP contribution in [0.2, 0.25) is 0 Å². The summed E-state index contributed by atoms with van der Waals surface area (Å²) in [7, 11) is 0. The normalized spacial score (nSPS) is 11.6. The Kier molecular flexibility index (Phi) is 6.03. The third kappa shape index (κ3) is 4.16. The van der Waals surface area contributed by atoms with Crippen molar-refractivity contribution >= 4 is 70.4 Å². The molecule has 0 amide bonds. The number of nitrogens with zero attached hydrogens (tertiary/aromatic N) is 2. The fraction of sp³-hybridized carbons (Fsp3) is 0. The second-order valence-electron chi connectivity index (χ2n) is 11.4. The van der Waals surface area contributed by atoms with E-state index in [0.29, 0.717) is 0 Å². The molecule has 3 heteroatoms. The van der Waals surface area contributed by atoms with E-state index in [1.165, 1.54) is 58.8 Å². The van der Waals surface area contributed by atoms with Crippen molar-refractivity contribution in [1.82, 2.24) is 4.57 Å². The molecule has 0 N–H and O–H groups in total. The van der Waals surface area contributed by atoms with Gasteiger partial charge in [-0.15, -0.1) is 11.3 Å². The standard InChI is InChI=1S/C42H28N2S/c1-4-14-29(15-5-1)33-21-12-22-37-41(33)35-28-32(26-27-36(35)44(37)31-18-8-3-9-19-31)43(30-16-6-2-7-17-30)38-23-13-25-40-42(38)34-20-10-11-24-39(34)45-40/h1-28H. The fourth-order valence-electron chi connectivity index (χ4n) is 6.86. The average Bonchev–Trinajstić information content (AvgIpc) is 3.66. The van der Waals surface area contributed by atoms with Gasteiger partial charge in [-0.3, -0.25) is 0 Å². The highest BCUT2D eigenvalue weighted by molar-refractivity contribution is 7.26. The fourth-order valence-corrected chi connectivity index (χ4v) is 7.98. The number of thiophene rings is 1. The molecule has 212 valence electrons. The van der Waals surface area contributed by atoms with E-state index in [4.69, 9.17) is 0 Å². The highest BCUT2D eigenvalue weighted by Crippen LogP contribution is 2.46. The van der Waals surface area contributed by atoms with Crippen LogP contribution in [0.1, 0.15) is 0 Å². The van der Waals surface area contributed by atoms with Gasteiger partial charge in [0.15, 0.2) is 0 Å². The maximum absolute atomic E-state index is 2.43. The Bertz CT molecular complexity index is 2470. The van der Waals surface area contributed by atoms with E-state index in [9.17, 15) is 0 Å². The Morgan fingerprint density at radius 1 is 0.444 bits per heavy atom. The number of fused-ring (bicyclic) bond motifs is 6. The molecule has 2 nitrogen and oxygen atoms in total. The molecule has 0 bridgehead atoms. The highest BCUT2D eigenvalue weighted by Gasteiger charge is 2.21. The summed E-state index contributed by atoms with van der Waals surface area (Å²) in [5.74, 6) is 0. The molecular formula is C42H28N2S. The summed E-state index contributed by atoms with van der Waals surface area (Å²) >= 11 is 1.86. The van der Waals surface area contributed by atoms with Gasteiger partial charge in [-0.1, -0.05) is 103 Å². The van der Waals surface area contributed by atoms with Crippen molar-refractivity contribution in [3.63, 3.8) is 0 Å². The van der Waals surface area contributed by atoms with Crippen LogP contribution in [0.5, 0.6) is 0 Å². The first-order valence-corrected chi connectivity index (χ1v) is 16.1. The van der Waals surface area contributed by atoms with Crippen LogP contribution in [0.15, 0.2) is 170 Å². The molecule has 7 aromatic carbocycles. The van der Waals surface area contributed by atoms with E-state index in [0.717, 1.165) is 17.1 Å². The Morgan fingerprint density at radius 3 is 1.96 bits per heavy atom. The molecule has 0 atom stereocenters. The van der Waals surface area contributed by atoms with Crippen LogP contribution in [0.4, 0.5) is 17.1 Å². The van der Waals surface area contributed by atoms with E-state index in [-0.39, 0.29) is 0 Å². The van der Waals surface area contributed by atoms with Crippen LogP contribution < -0.4 is 4.90 Å². The van der Waals surface area contributed by atoms with Crippen LogP contribution in [0.3, 0.4) is 0 Å². The number of hydrogen-bond acceptors (Lipinski definition) is 2. The number of hydrogen-bond donors (Lipinski definition) is 0. The Balaban J connectivity index is 1.38. The van der Waals surface area contributed by atoms with E-state index in [2.05, 4.69) is 179 Å². The molecule has 0 fully saturated rings. The van der Waals surface area contributed by atoms with Gasteiger partial charge in [0.1, 0.15) is 0 Å². The van der Waals surface area contributed by atoms with Crippen molar-refractivity contribution in [3.8, 4) is 16.8 Å². The summed E-state index contributed by atoms with van der Waals surface area (Å²) in [5, 5.41) is 5.08. The Hall–Kier alpha value is -5.64. The summed E-state index contributed by atoms with van der Waals surface area (Å²) in [5.41, 5.74) is 9.45. The van der Waals surface area contributed by atoms with E-state index < -0.39 is 0 Å². The zero-order chi connectivity index (χ0) is 29.7. The molecule has 2 heterocycles. The lowest BCUT2D eigenvalue weighted by Crippen LogP contribution is -2.10. The topological polar surface area (TPSA) is 8.17 Å². The molecule has 0 aliphatic carbocycles. The summed E-state index contributed by atoms with van der Waals surface area (Å²) in [6.45, 7) is 0. The monoisotopic (exact) mass is 592 g/mol. The number of aromatic nitrogens is 1. The number of anilines is 3. The van der Waals surface area contributed by atoms with Crippen LogP contribution in [0.25, 0.3) is 58.8 Å². The smallest absolute Gasteiger partial charge is 0.0554 e. The van der Waals surface area contributed by atoms with Crippen LogP contribution in [-0.4, -0.2) is 4.57 Å². The van der Waals surface area contributed by atoms with Crippen molar-refractivity contribution in [2.75, 3.05) is 4.90 Å². The second kappa shape index (κ2) is 10.5. The molecule has 2 aromatic heterocycles. The molecule has 9 aromatic rings. The zero-order valence-electron chi connectivity index (χ0n) is 24.5. The molecule has 0 aliphatic heterocycles. The quantitative estimate of drug-likeness (QED) is 0.193. The molecular weight excluding hydrogens is 565 g/mol. The summed E-state index contributed by atoms with van der Waals surface area (Å²) in [4.78, 5) is 2.43. The lowest BCUT2D eigenvalue weighted by molar-refractivity contribution is 1.18. The lowest BCUT2D eigenvalue weighted by Gasteiger charge is -2.26. The molecule has 0 aliphatic rings. The second-order valence-corrected chi connectivity index (χ2v) is 12.4. The SMILES string of the molecule is c1ccc(-c2cccc3c2c2cc(N(c4ccccc4)c4cccc5sc6ccccc6c45)ccc2n3-c2ccccc2)cc1. The number of para-hydroxylation sites is 2. The first-order valence-electron chi connectivity index (χ1n) is 15.3. The van der Waals surface area contributed by atoms with Gasteiger partial charge in [-0.05, 0) is 77.9 Å². The number of rotatable bonds is 5. The van der Waals surface area contributed by atoms with Gasteiger partial charge in [0.25, 0.3) is 0 Å². The molecule has 0 spiro atoms. The van der Waals surface area contributed by atoms with E-state index in [1.807, 2.05) is 11.3 Å². The first kappa shape index (κ1) is 25.8. The van der Waals surface area contributed by atoms with Gasteiger partial charge in [0, 0.05) is 48.0 Å². The van der Waals surface area contributed by atoms with Crippen LogP contribution in [0, 0.1) is 0 Å². The maximum Gasteiger partial charge on any atom is 0.0554 e. The predicted octanol–water partition coefficient (Wildman–Crippen LogP) is 12.3. The highest BCUT2D eigenvalue weighted by atomic mass is 32.1. The minimum absolute atomic E-state index is 1.13. The van der Waals surface area contributed by atoms with Crippen molar-refractivity contribution in [3.05, 3.63) is 170 Å². The first-order chi connectivity index (χ1) is 22.3. The third-order valence-electron chi connectivity index (χ3n) is 8.77. The van der Waals surface area contributed by atoms with Gasteiger partial charge >= 0.3 is 0 Å². The van der Waals surface area contributed by atoms with Gasteiger partial charge in [-0.2, -0.15) is 0 Å². The van der Waals surface area contributed by atoms with Crippen molar-refractivity contribution in [1.29, 1.82) is 0 Å².